The lowest BCUT2D eigenvalue weighted by Gasteiger charge is -2.05. The Balaban J connectivity index is 1.79. The van der Waals surface area contributed by atoms with Crippen LogP contribution in [0.1, 0.15) is 15.9 Å². The van der Waals surface area contributed by atoms with Crippen LogP contribution in [0.2, 0.25) is 0 Å². The van der Waals surface area contributed by atoms with Gasteiger partial charge in [-0.3, -0.25) is 4.79 Å². The van der Waals surface area contributed by atoms with Crippen molar-refractivity contribution in [1.82, 2.24) is 14.9 Å². The minimum Gasteiger partial charge on any atom is -0.355 e. The molecule has 1 heterocycles. The molecule has 0 aliphatic heterocycles. The smallest absolute Gasteiger partial charge is 0.251 e. The van der Waals surface area contributed by atoms with Gasteiger partial charge in [-0.2, -0.15) is 0 Å². The number of nitrogens with zero attached hydrogens (tertiary/aromatic N) is 2. The largest absolute Gasteiger partial charge is 0.355 e. The number of aromatic nitrogens is 2. The molecule has 0 radical (unpaired) electrons. The third-order valence-corrected chi connectivity index (χ3v) is 4.63. The van der Waals surface area contributed by atoms with Crippen molar-refractivity contribution in [3.05, 3.63) is 59.7 Å². The molecule has 1 aromatic heterocycles. The highest BCUT2D eigenvalue weighted by molar-refractivity contribution is 7.98. The third kappa shape index (κ3) is 2.85. The van der Waals surface area contributed by atoms with Crippen LogP contribution in [0.4, 0.5) is 0 Å². The van der Waals surface area contributed by atoms with Crippen LogP contribution < -0.4 is 5.32 Å². The summed E-state index contributed by atoms with van der Waals surface area (Å²) in [5.74, 6) is 0.719. The lowest BCUT2D eigenvalue weighted by molar-refractivity contribution is 0.0963. The zero-order valence-corrected chi connectivity index (χ0v) is 13.4. The van der Waals surface area contributed by atoms with Gasteiger partial charge in [0.05, 0.1) is 11.0 Å². The maximum absolute atomic E-state index is 11.7. The predicted octanol–water partition coefficient (Wildman–Crippen LogP) is 3.23. The van der Waals surface area contributed by atoms with Gasteiger partial charge in [0.15, 0.2) is 5.16 Å². The van der Waals surface area contributed by atoms with Gasteiger partial charge in [-0.15, -0.1) is 0 Å². The monoisotopic (exact) mass is 311 g/mol. The van der Waals surface area contributed by atoms with E-state index in [9.17, 15) is 4.79 Å². The minimum atomic E-state index is -0.0606. The van der Waals surface area contributed by atoms with Crippen LogP contribution in [-0.4, -0.2) is 22.5 Å². The highest BCUT2D eigenvalue weighted by Crippen LogP contribution is 2.25. The molecule has 3 rings (SSSR count). The Bertz CT molecular complexity index is 826. The number of hydrogen-bond acceptors (Lipinski definition) is 3. The minimum absolute atomic E-state index is 0.0606. The summed E-state index contributed by atoms with van der Waals surface area (Å²) in [6.45, 7) is 0. The van der Waals surface area contributed by atoms with Gasteiger partial charge < -0.3 is 9.88 Å². The molecular formula is C17H17N3OS. The van der Waals surface area contributed by atoms with Crippen LogP contribution in [0.5, 0.6) is 0 Å². The molecule has 112 valence electrons. The average Bonchev–Trinajstić information content (AvgIpc) is 2.89. The van der Waals surface area contributed by atoms with E-state index in [0.717, 1.165) is 27.5 Å². The molecule has 1 amide bonds. The van der Waals surface area contributed by atoms with E-state index >= 15 is 0 Å². The van der Waals surface area contributed by atoms with Crippen molar-refractivity contribution in [1.29, 1.82) is 0 Å². The first-order chi connectivity index (χ1) is 10.7. The van der Waals surface area contributed by atoms with Crippen molar-refractivity contribution in [3.8, 4) is 0 Å². The van der Waals surface area contributed by atoms with Gasteiger partial charge >= 0.3 is 0 Å². The van der Waals surface area contributed by atoms with Crippen LogP contribution in [0, 0.1) is 0 Å². The van der Waals surface area contributed by atoms with E-state index in [4.69, 9.17) is 0 Å². The normalized spacial score (nSPS) is 10.8. The molecule has 0 spiro atoms. The van der Waals surface area contributed by atoms with Crippen molar-refractivity contribution in [2.24, 2.45) is 7.05 Å². The van der Waals surface area contributed by atoms with Crippen LogP contribution in [0.15, 0.2) is 53.7 Å². The van der Waals surface area contributed by atoms with Crippen LogP contribution in [0.3, 0.4) is 0 Å². The van der Waals surface area contributed by atoms with E-state index in [1.54, 1.807) is 18.8 Å². The Morgan fingerprint density at radius 3 is 2.82 bits per heavy atom. The highest BCUT2D eigenvalue weighted by Gasteiger charge is 2.09. The van der Waals surface area contributed by atoms with Crippen molar-refractivity contribution in [3.63, 3.8) is 0 Å². The molecule has 0 unspecified atom stereocenters. The SMILES string of the molecule is CNC(=O)c1cccc(CSc2nc3ccccc3n2C)c1. The summed E-state index contributed by atoms with van der Waals surface area (Å²) in [4.78, 5) is 16.3. The van der Waals surface area contributed by atoms with E-state index in [2.05, 4.69) is 20.9 Å². The van der Waals surface area contributed by atoms with E-state index in [1.807, 2.05) is 49.5 Å². The predicted molar refractivity (Wildman–Crippen MR) is 90.1 cm³/mol. The molecule has 1 N–H and O–H groups in total. The number of rotatable bonds is 4. The molecule has 3 aromatic rings. The molecule has 0 bridgehead atoms. The second-order valence-corrected chi connectivity index (χ2v) is 5.95. The zero-order valence-electron chi connectivity index (χ0n) is 12.5. The standard InChI is InChI=1S/C17H17N3OS/c1-18-16(21)13-7-5-6-12(10-13)11-22-17-19-14-8-3-4-9-15(14)20(17)2/h3-10H,11H2,1-2H3,(H,18,21). The fourth-order valence-electron chi connectivity index (χ4n) is 2.35. The molecule has 0 saturated heterocycles. The van der Waals surface area contributed by atoms with Crippen molar-refractivity contribution in [2.75, 3.05) is 7.05 Å². The van der Waals surface area contributed by atoms with Crippen LogP contribution >= 0.6 is 11.8 Å². The fourth-order valence-corrected chi connectivity index (χ4v) is 3.28. The number of hydrogen-bond donors (Lipinski definition) is 1. The van der Waals surface area contributed by atoms with Gasteiger partial charge in [0.1, 0.15) is 0 Å². The molecule has 0 fully saturated rings. The Morgan fingerprint density at radius 2 is 2.05 bits per heavy atom. The van der Waals surface area contributed by atoms with Crippen molar-refractivity contribution < 1.29 is 4.79 Å². The Hall–Kier alpha value is -2.27. The third-order valence-electron chi connectivity index (χ3n) is 3.53. The van der Waals surface area contributed by atoms with Crippen molar-refractivity contribution >= 4 is 28.7 Å². The number of amides is 1. The number of carbonyl (C=O) groups excluding carboxylic acids is 1. The first-order valence-electron chi connectivity index (χ1n) is 7.04. The van der Waals surface area contributed by atoms with Gasteiger partial charge in [0.2, 0.25) is 0 Å². The number of para-hydroxylation sites is 2. The van der Waals surface area contributed by atoms with E-state index in [0.29, 0.717) is 5.56 Å². The summed E-state index contributed by atoms with van der Waals surface area (Å²) >= 11 is 1.67. The van der Waals surface area contributed by atoms with Gasteiger partial charge in [-0.05, 0) is 29.8 Å². The van der Waals surface area contributed by atoms with Crippen LogP contribution in [0.25, 0.3) is 11.0 Å². The maximum Gasteiger partial charge on any atom is 0.251 e. The second kappa shape index (κ2) is 6.23. The lowest BCUT2D eigenvalue weighted by atomic mass is 10.1. The summed E-state index contributed by atoms with van der Waals surface area (Å²) in [6.07, 6.45) is 0. The molecule has 4 nitrogen and oxygen atoms in total. The number of imidazole rings is 1. The highest BCUT2D eigenvalue weighted by atomic mass is 32.2. The summed E-state index contributed by atoms with van der Waals surface area (Å²) in [6, 6.07) is 15.8. The maximum atomic E-state index is 11.7. The van der Waals surface area contributed by atoms with Gasteiger partial charge in [0, 0.05) is 25.4 Å². The lowest BCUT2D eigenvalue weighted by Crippen LogP contribution is -2.17. The van der Waals surface area contributed by atoms with Crippen molar-refractivity contribution in [2.45, 2.75) is 10.9 Å². The molecule has 2 aromatic carbocycles. The fraction of sp³-hybridized carbons (Fsp3) is 0.176. The van der Waals surface area contributed by atoms with Gasteiger partial charge in [-0.1, -0.05) is 36.0 Å². The van der Waals surface area contributed by atoms with E-state index in [-0.39, 0.29) is 5.91 Å². The summed E-state index contributed by atoms with van der Waals surface area (Å²) < 4.78 is 2.10. The summed E-state index contributed by atoms with van der Waals surface area (Å²) in [7, 11) is 3.67. The molecule has 5 heteroatoms. The first-order valence-corrected chi connectivity index (χ1v) is 8.03. The Kier molecular flexibility index (Phi) is 4.15. The first kappa shape index (κ1) is 14.7. The number of thioether (sulfide) groups is 1. The van der Waals surface area contributed by atoms with Gasteiger partial charge in [0.25, 0.3) is 5.91 Å². The molecule has 0 aliphatic carbocycles. The molecule has 22 heavy (non-hydrogen) atoms. The second-order valence-electron chi connectivity index (χ2n) is 5.01. The number of aryl methyl sites for hydroxylation is 1. The number of nitrogens with one attached hydrogen (secondary N) is 1. The van der Waals surface area contributed by atoms with E-state index < -0.39 is 0 Å². The average molecular weight is 311 g/mol. The number of carbonyl (C=O) groups is 1. The Labute approximate surface area is 133 Å². The van der Waals surface area contributed by atoms with E-state index in [1.165, 1.54) is 0 Å². The zero-order chi connectivity index (χ0) is 15.5. The molecular weight excluding hydrogens is 294 g/mol. The number of fused-ring (bicyclic) bond motifs is 1. The summed E-state index contributed by atoms with van der Waals surface area (Å²) in [5, 5.41) is 3.63. The molecule has 0 atom stereocenters. The quantitative estimate of drug-likeness (QED) is 0.753. The molecule has 0 aliphatic rings. The molecule has 0 saturated carbocycles. The summed E-state index contributed by atoms with van der Waals surface area (Å²) in [5.41, 5.74) is 3.93. The number of benzene rings is 2. The van der Waals surface area contributed by atoms with Gasteiger partial charge in [-0.25, -0.2) is 4.98 Å². The topological polar surface area (TPSA) is 46.9 Å². The Morgan fingerprint density at radius 1 is 1.23 bits per heavy atom. The van der Waals surface area contributed by atoms with Crippen LogP contribution in [-0.2, 0) is 12.8 Å².